The Bertz CT molecular complexity index is 3570. The fourth-order valence-corrected chi connectivity index (χ4v) is 14.5. The largest absolute Gasteiger partial charge is 0.334 e. The second kappa shape index (κ2) is 14.5. The molecule has 5 aliphatic rings. The van der Waals surface area contributed by atoms with Crippen molar-refractivity contribution in [2.45, 2.75) is 148 Å². The molecule has 1 saturated carbocycles. The molecule has 2 unspecified atom stereocenters. The molecule has 13 rings (SSSR count). The lowest BCUT2D eigenvalue weighted by Gasteiger charge is -2.51. The van der Waals surface area contributed by atoms with Crippen LogP contribution in [-0.2, 0) is 27.1 Å². The molecule has 8 aromatic rings. The highest BCUT2D eigenvalue weighted by Crippen LogP contribution is 2.63. The second-order valence-corrected chi connectivity index (χ2v) is 26.1. The highest BCUT2D eigenvalue weighted by Gasteiger charge is 2.58. The lowest BCUT2D eigenvalue weighted by Crippen LogP contribution is -2.61. The summed E-state index contributed by atoms with van der Waals surface area (Å²) < 4.78 is 2.75. The van der Waals surface area contributed by atoms with Gasteiger partial charge in [-0.3, -0.25) is 0 Å². The molecule has 71 heavy (non-hydrogen) atoms. The van der Waals surface area contributed by atoms with E-state index in [9.17, 15) is 0 Å². The molecule has 0 saturated heterocycles. The van der Waals surface area contributed by atoms with Crippen LogP contribution < -0.4 is 26.2 Å². The predicted molar refractivity (Wildman–Crippen MR) is 305 cm³/mol. The average molecular weight is 928 g/mol. The number of aromatic nitrogens is 1. The monoisotopic (exact) mass is 928 g/mol. The number of nitrogens with zero attached hydrogens (tertiary/aromatic N) is 3. The first-order chi connectivity index (χ1) is 33.6. The van der Waals surface area contributed by atoms with Gasteiger partial charge in [-0.05, 0) is 128 Å². The number of hydrogen-bond donors (Lipinski definition) is 0. The third-order valence-electron chi connectivity index (χ3n) is 18.6. The molecule has 4 heteroatoms. The van der Waals surface area contributed by atoms with Gasteiger partial charge in [0.2, 0.25) is 0 Å². The molecule has 7 aromatic carbocycles. The van der Waals surface area contributed by atoms with Crippen LogP contribution >= 0.6 is 0 Å². The zero-order valence-electron chi connectivity index (χ0n) is 44.5. The molecule has 4 heterocycles. The van der Waals surface area contributed by atoms with Crippen molar-refractivity contribution in [1.82, 2.24) is 4.57 Å². The van der Waals surface area contributed by atoms with E-state index < -0.39 is 0 Å². The highest BCUT2D eigenvalue weighted by molar-refractivity contribution is 7.00. The number of rotatable bonds is 3. The van der Waals surface area contributed by atoms with Crippen molar-refractivity contribution in [2.24, 2.45) is 0 Å². The van der Waals surface area contributed by atoms with E-state index in [1.807, 2.05) is 0 Å². The smallest absolute Gasteiger partial charge is 0.252 e. The lowest BCUT2D eigenvalue weighted by atomic mass is 9.33. The fourth-order valence-electron chi connectivity index (χ4n) is 14.5. The van der Waals surface area contributed by atoms with Crippen molar-refractivity contribution >= 4 is 62.4 Å². The normalized spacial score (nSPS) is 20.4. The van der Waals surface area contributed by atoms with Crippen LogP contribution in [0.15, 0.2) is 140 Å². The number of benzene rings is 7. The molecule has 2 aliphatic carbocycles. The van der Waals surface area contributed by atoms with Gasteiger partial charge in [-0.1, -0.05) is 199 Å². The summed E-state index contributed by atoms with van der Waals surface area (Å²) >= 11 is 0. The van der Waals surface area contributed by atoms with E-state index in [-0.39, 0.29) is 39.3 Å². The van der Waals surface area contributed by atoms with Crippen molar-refractivity contribution in [3.05, 3.63) is 173 Å². The van der Waals surface area contributed by atoms with E-state index in [0.717, 1.165) is 6.42 Å². The van der Waals surface area contributed by atoms with Crippen molar-refractivity contribution in [2.75, 3.05) is 9.80 Å². The summed E-state index contributed by atoms with van der Waals surface area (Å²) in [5, 5.41) is 1.38. The van der Waals surface area contributed by atoms with E-state index in [4.69, 9.17) is 0 Å². The summed E-state index contributed by atoms with van der Waals surface area (Å²) in [6.07, 6.45) is 4.80. The van der Waals surface area contributed by atoms with Crippen molar-refractivity contribution in [3.8, 4) is 28.1 Å². The Morgan fingerprint density at radius 1 is 0.493 bits per heavy atom. The first kappa shape index (κ1) is 44.7. The Balaban J connectivity index is 1.20. The van der Waals surface area contributed by atoms with Gasteiger partial charge in [-0.2, -0.15) is 0 Å². The van der Waals surface area contributed by atoms with Gasteiger partial charge >= 0.3 is 0 Å². The molecular formula is C67H70BN3. The van der Waals surface area contributed by atoms with Gasteiger partial charge in [0.05, 0.1) is 16.9 Å². The van der Waals surface area contributed by atoms with Crippen LogP contribution in [0.2, 0.25) is 0 Å². The maximum atomic E-state index is 2.85. The molecule has 0 bridgehead atoms. The maximum Gasteiger partial charge on any atom is 0.252 e. The topological polar surface area (TPSA) is 11.4 Å². The Morgan fingerprint density at radius 3 is 1.86 bits per heavy atom. The van der Waals surface area contributed by atoms with E-state index >= 15 is 0 Å². The molecule has 0 N–H and O–H groups in total. The summed E-state index contributed by atoms with van der Waals surface area (Å²) in [5.41, 5.74) is 26.6. The maximum absolute atomic E-state index is 2.85. The molecule has 356 valence electrons. The van der Waals surface area contributed by atoms with Crippen LogP contribution in [0.4, 0.5) is 28.4 Å². The molecule has 0 radical (unpaired) electrons. The number of fused-ring (bicyclic) bond motifs is 12. The average Bonchev–Trinajstić information content (AvgIpc) is 3.88. The van der Waals surface area contributed by atoms with Crippen molar-refractivity contribution in [3.63, 3.8) is 0 Å². The Hall–Kier alpha value is -6.26. The summed E-state index contributed by atoms with van der Waals surface area (Å²) in [4.78, 5) is 5.56. The van der Waals surface area contributed by atoms with Crippen molar-refractivity contribution < 1.29 is 0 Å². The number of anilines is 5. The Morgan fingerprint density at radius 2 is 1.13 bits per heavy atom. The highest BCUT2D eigenvalue weighted by atomic mass is 15.3. The van der Waals surface area contributed by atoms with Crippen LogP contribution in [0, 0.1) is 0 Å². The van der Waals surface area contributed by atoms with Gasteiger partial charge in [-0.15, -0.1) is 0 Å². The van der Waals surface area contributed by atoms with Crippen LogP contribution in [0.1, 0.15) is 149 Å². The van der Waals surface area contributed by atoms with Crippen LogP contribution in [-0.4, -0.2) is 16.8 Å². The summed E-state index contributed by atoms with van der Waals surface area (Å²) in [5.74, 6) is 0. The van der Waals surface area contributed by atoms with Crippen LogP contribution in [0.3, 0.4) is 0 Å². The third-order valence-corrected chi connectivity index (χ3v) is 18.6. The quantitative estimate of drug-likeness (QED) is 0.164. The first-order valence-corrected chi connectivity index (χ1v) is 26.7. The first-order valence-electron chi connectivity index (χ1n) is 26.7. The van der Waals surface area contributed by atoms with Crippen LogP contribution in [0.5, 0.6) is 0 Å². The molecule has 2 atom stereocenters. The Labute approximate surface area is 424 Å². The Kier molecular flexibility index (Phi) is 9.10. The van der Waals surface area contributed by atoms with Gasteiger partial charge in [0.25, 0.3) is 6.71 Å². The summed E-state index contributed by atoms with van der Waals surface area (Å²) in [7, 11) is 0. The zero-order chi connectivity index (χ0) is 49.5. The molecular weight excluding hydrogens is 858 g/mol. The molecule has 1 fully saturated rings. The molecule has 3 aliphatic heterocycles. The molecule has 3 nitrogen and oxygen atoms in total. The minimum Gasteiger partial charge on any atom is -0.334 e. The summed E-state index contributed by atoms with van der Waals surface area (Å²) in [6, 6.07) is 55.4. The van der Waals surface area contributed by atoms with Gasteiger partial charge in [0.15, 0.2) is 0 Å². The zero-order valence-corrected chi connectivity index (χ0v) is 44.5. The van der Waals surface area contributed by atoms with Gasteiger partial charge in [0, 0.05) is 61.3 Å². The van der Waals surface area contributed by atoms with E-state index in [0.29, 0.717) is 0 Å². The summed E-state index contributed by atoms with van der Waals surface area (Å²) in [6.45, 7) is 31.4. The fraction of sp³-hybridized carbons (Fsp3) is 0.343. The predicted octanol–water partition coefficient (Wildman–Crippen LogP) is 15.9. The standard InChI is InChI=1S/C67H70BN3/c1-62(2,3)42-29-32-53(48(36-42)41-22-15-14-16-23-41)69-55-38-44(64(7,8)9)28-31-51(55)68-52-27-21-25-47-58-61(46-24-17-18-26-49(46)65(58,10)11)70(60(47)52)57-40-45(39-56(69)59(57)68)71-54-33-30-43(63(4,5)6)37-50(54)66(12)34-19-20-35-67(66,71)13/h14-18,21-33,36-40H,19-20,34-35H2,1-13H3. The van der Waals surface area contributed by atoms with Gasteiger partial charge < -0.3 is 14.4 Å². The SMILES string of the molecule is CC(C)(C)c1ccc(N2c3cc(C(C)(C)C)ccc3B3c4c2cc(N2c5ccc(C(C)(C)C)cc5C5(C)CCCCC25C)cc4-n2c4c(c5cccc3c52)C(C)(C)c2ccccc2-4)c(-c2ccccc2)c1. The second-order valence-electron chi connectivity index (χ2n) is 26.1. The molecule has 0 amide bonds. The van der Waals surface area contributed by atoms with Gasteiger partial charge in [0.1, 0.15) is 0 Å². The van der Waals surface area contributed by atoms with E-state index in [1.54, 1.807) is 0 Å². The molecule has 1 aromatic heterocycles. The minimum absolute atomic E-state index is 0.0216. The molecule has 0 spiro atoms. The number of hydrogen-bond acceptors (Lipinski definition) is 2. The minimum atomic E-state index is -0.171. The van der Waals surface area contributed by atoms with E-state index in [1.165, 1.54) is 136 Å². The van der Waals surface area contributed by atoms with Crippen LogP contribution in [0.25, 0.3) is 39.0 Å². The van der Waals surface area contributed by atoms with Gasteiger partial charge in [-0.25, -0.2) is 0 Å². The number of para-hydroxylation sites is 1. The van der Waals surface area contributed by atoms with Crippen molar-refractivity contribution in [1.29, 1.82) is 0 Å². The van der Waals surface area contributed by atoms with E-state index in [2.05, 4.69) is 244 Å². The lowest BCUT2D eigenvalue weighted by molar-refractivity contribution is 0.195. The third kappa shape index (κ3) is 5.97.